The van der Waals surface area contributed by atoms with Gasteiger partial charge in [0.05, 0.1) is 0 Å². The van der Waals surface area contributed by atoms with Crippen molar-refractivity contribution < 1.29 is 4.39 Å². The zero-order chi connectivity index (χ0) is 10.8. The first-order valence-electron chi connectivity index (χ1n) is 5.18. The predicted molar refractivity (Wildman–Crippen MR) is 60.9 cm³/mol. The third-order valence-electron chi connectivity index (χ3n) is 1.72. The minimum atomic E-state index is -0.145. The number of hydrogen-bond acceptors (Lipinski definition) is 0. The van der Waals surface area contributed by atoms with Crippen LogP contribution in [0.1, 0.15) is 32.8 Å². The molecule has 0 nitrogen and oxygen atoms in total. The first-order valence-corrected chi connectivity index (χ1v) is 5.18. The van der Waals surface area contributed by atoms with Crippen molar-refractivity contribution in [3.05, 3.63) is 47.8 Å². The molecule has 1 heteroatoms. The lowest BCUT2D eigenvalue weighted by molar-refractivity contribution is 0.625. The number of benzene rings is 1. The Morgan fingerprint density at radius 1 is 1.29 bits per heavy atom. The molecule has 1 aromatic carbocycles. The van der Waals surface area contributed by atoms with Gasteiger partial charge in [-0.2, -0.15) is 0 Å². The van der Waals surface area contributed by atoms with Gasteiger partial charge in [0.2, 0.25) is 0 Å². The quantitative estimate of drug-likeness (QED) is 0.627. The average Bonchev–Trinajstić information content (AvgIpc) is 2.21. The van der Waals surface area contributed by atoms with Gasteiger partial charge in [-0.25, -0.2) is 4.39 Å². The first kappa shape index (κ1) is 12.9. The van der Waals surface area contributed by atoms with Crippen molar-refractivity contribution in [3.63, 3.8) is 0 Å². The van der Waals surface area contributed by atoms with Crippen LogP contribution in [0, 0.1) is 5.82 Å². The predicted octanol–water partition coefficient (Wildman–Crippen LogP) is 4.36. The van der Waals surface area contributed by atoms with Crippen molar-refractivity contribution >= 4 is 0 Å². The Balaban J connectivity index is 0.000000791. The number of aryl methyl sites for hydroxylation is 1. The minimum absolute atomic E-state index is 0.145. The largest absolute Gasteiger partial charge is 0.207 e. The van der Waals surface area contributed by atoms with Crippen LogP contribution < -0.4 is 0 Å². The van der Waals surface area contributed by atoms with Gasteiger partial charge in [0.25, 0.3) is 0 Å². The Bertz CT molecular complexity index is 264. The molecule has 0 atom stereocenters. The van der Waals surface area contributed by atoms with Gasteiger partial charge >= 0.3 is 0 Å². The van der Waals surface area contributed by atoms with Crippen LogP contribution in [0.25, 0.3) is 0 Å². The van der Waals surface area contributed by atoms with Gasteiger partial charge in [0.1, 0.15) is 5.82 Å². The summed E-state index contributed by atoms with van der Waals surface area (Å²) in [5, 5.41) is 0. The topological polar surface area (TPSA) is 0 Å². The van der Waals surface area contributed by atoms with E-state index in [1.54, 1.807) is 12.1 Å². The van der Waals surface area contributed by atoms with E-state index >= 15 is 0 Å². The fourth-order valence-corrected chi connectivity index (χ4v) is 1.11. The molecule has 0 fully saturated rings. The Hall–Kier alpha value is -1.11. The van der Waals surface area contributed by atoms with Crippen molar-refractivity contribution in [1.82, 2.24) is 0 Å². The number of rotatable bonds is 3. The maximum absolute atomic E-state index is 12.7. The molecule has 0 aromatic heterocycles. The number of halogens is 1. The van der Waals surface area contributed by atoms with Crippen LogP contribution in [0.2, 0.25) is 0 Å². The summed E-state index contributed by atoms with van der Waals surface area (Å²) in [6.45, 7) is 5.99. The summed E-state index contributed by atoms with van der Waals surface area (Å²) >= 11 is 0. The van der Waals surface area contributed by atoms with Crippen LogP contribution in [0.3, 0.4) is 0 Å². The fourth-order valence-electron chi connectivity index (χ4n) is 1.11. The van der Waals surface area contributed by atoms with Gasteiger partial charge in [-0.15, -0.1) is 0 Å². The van der Waals surface area contributed by atoms with Gasteiger partial charge in [-0.1, -0.05) is 38.1 Å². The second-order valence-corrected chi connectivity index (χ2v) is 2.74. The summed E-state index contributed by atoms with van der Waals surface area (Å²) in [6.07, 6.45) is 6.01. The SMILES string of the molecule is C/C=C\CCc1cccc(F)c1.CC. The molecule has 0 heterocycles. The Morgan fingerprint density at radius 3 is 2.57 bits per heavy atom. The van der Waals surface area contributed by atoms with E-state index < -0.39 is 0 Å². The standard InChI is InChI=1S/C11H13F.C2H6/c1-2-3-4-6-10-7-5-8-11(12)9-10;1-2/h2-3,5,7-9H,4,6H2,1H3;1-2H3/b3-2-;. The van der Waals surface area contributed by atoms with E-state index in [1.165, 1.54) is 6.07 Å². The molecule has 0 saturated carbocycles. The summed E-state index contributed by atoms with van der Waals surface area (Å²) in [5.74, 6) is -0.145. The molecule has 14 heavy (non-hydrogen) atoms. The molecule has 1 rings (SSSR count). The number of allylic oxidation sites excluding steroid dienone is 2. The van der Waals surface area contributed by atoms with E-state index in [4.69, 9.17) is 0 Å². The molecule has 0 amide bonds. The van der Waals surface area contributed by atoms with Crippen molar-refractivity contribution in [2.45, 2.75) is 33.6 Å². The third-order valence-corrected chi connectivity index (χ3v) is 1.72. The van der Waals surface area contributed by atoms with E-state index in [-0.39, 0.29) is 5.82 Å². The van der Waals surface area contributed by atoms with Crippen LogP contribution in [-0.2, 0) is 6.42 Å². The second kappa shape index (κ2) is 8.49. The minimum Gasteiger partial charge on any atom is -0.207 e. The summed E-state index contributed by atoms with van der Waals surface area (Å²) in [7, 11) is 0. The van der Waals surface area contributed by atoms with Crippen LogP contribution in [0.4, 0.5) is 4.39 Å². The summed E-state index contributed by atoms with van der Waals surface area (Å²) in [5.41, 5.74) is 1.06. The lowest BCUT2D eigenvalue weighted by Crippen LogP contribution is -1.83. The Labute approximate surface area is 86.5 Å². The van der Waals surface area contributed by atoms with Crippen LogP contribution in [0.15, 0.2) is 36.4 Å². The van der Waals surface area contributed by atoms with Crippen LogP contribution >= 0.6 is 0 Å². The molecular weight excluding hydrogens is 175 g/mol. The zero-order valence-corrected chi connectivity index (χ0v) is 9.26. The highest BCUT2D eigenvalue weighted by atomic mass is 19.1. The van der Waals surface area contributed by atoms with E-state index in [1.807, 2.05) is 32.9 Å². The van der Waals surface area contributed by atoms with Gasteiger partial charge in [0, 0.05) is 0 Å². The van der Waals surface area contributed by atoms with Crippen molar-refractivity contribution in [3.8, 4) is 0 Å². The molecule has 0 aliphatic rings. The van der Waals surface area contributed by atoms with Gasteiger partial charge < -0.3 is 0 Å². The lowest BCUT2D eigenvalue weighted by Gasteiger charge is -1.97. The van der Waals surface area contributed by atoms with Gasteiger partial charge in [0.15, 0.2) is 0 Å². The normalized spacial score (nSPS) is 9.71. The molecule has 78 valence electrons. The molecule has 1 aromatic rings. The van der Waals surface area contributed by atoms with Crippen LogP contribution in [-0.4, -0.2) is 0 Å². The molecule has 0 bridgehead atoms. The fraction of sp³-hybridized carbons (Fsp3) is 0.385. The highest BCUT2D eigenvalue weighted by Crippen LogP contribution is 2.06. The molecule has 0 N–H and O–H groups in total. The lowest BCUT2D eigenvalue weighted by atomic mass is 10.1. The van der Waals surface area contributed by atoms with E-state index in [0.717, 1.165) is 18.4 Å². The monoisotopic (exact) mass is 194 g/mol. The van der Waals surface area contributed by atoms with Gasteiger partial charge in [-0.05, 0) is 37.5 Å². The van der Waals surface area contributed by atoms with E-state index in [2.05, 4.69) is 6.08 Å². The Kier molecular flexibility index (Phi) is 7.81. The van der Waals surface area contributed by atoms with E-state index in [0.29, 0.717) is 0 Å². The van der Waals surface area contributed by atoms with Crippen molar-refractivity contribution in [2.24, 2.45) is 0 Å². The summed E-state index contributed by atoms with van der Waals surface area (Å²) in [6, 6.07) is 6.76. The molecule has 0 spiro atoms. The first-order chi connectivity index (χ1) is 6.83. The number of hydrogen-bond donors (Lipinski definition) is 0. The second-order valence-electron chi connectivity index (χ2n) is 2.74. The smallest absolute Gasteiger partial charge is 0.123 e. The third kappa shape index (κ3) is 5.52. The molecule has 0 radical (unpaired) electrons. The molecule has 0 saturated heterocycles. The van der Waals surface area contributed by atoms with Crippen molar-refractivity contribution in [2.75, 3.05) is 0 Å². The Morgan fingerprint density at radius 2 is 2.00 bits per heavy atom. The molecular formula is C13H19F. The average molecular weight is 194 g/mol. The maximum Gasteiger partial charge on any atom is 0.123 e. The van der Waals surface area contributed by atoms with Crippen molar-refractivity contribution in [1.29, 1.82) is 0 Å². The molecule has 0 unspecified atom stereocenters. The summed E-state index contributed by atoms with van der Waals surface area (Å²) in [4.78, 5) is 0. The summed E-state index contributed by atoms with van der Waals surface area (Å²) < 4.78 is 12.7. The highest BCUT2D eigenvalue weighted by Gasteiger charge is 1.92. The van der Waals surface area contributed by atoms with E-state index in [9.17, 15) is 4.39 Å². The molecule has 0 aliphatic heterocycles. The maximum atomic E-state index is 12.7. The highest BCUT2D eigenvalue weighted by molar-refractivity contribution is 5.16. The van der Waals surface area contributed by atoms with Crippen LogP contribution in [0.5, 0.6) is 0 Å². The molecule has 0 aliphatic carbocycles. The van der Waals surface area contributed by atoms with Gasteiger partial charge in [-0.3, -0.25) is 0 Å². The zero-order valence-electron chi connectivity index (χ0n) is 9.26.